The molecule has 4 heteroatoms. The van der Waals surface area contributed by atoms with Crippen molar-refractivity contribution in [1.82, 2.24) is 5.32 Å². The van der Waals surface area contributed by atoms with Crippen molar-refractivity contribution in [2.75, 3.05) is 0 Å². The van der Waals surface area contributed by atoms with Gasteiger partial charge in [0.2, 0.25) is 0 Å². The Morgan fingerprint density at radius 3 is 2.42 bits per heavy atom. The van der Waals surface area contributed by atoms with Crippen LogP contribution in [-0.2, 0) is 0 Å². The molecule has 0 saturated heterocycles. The van der Waals surface area contributed by atoms with E-state index in [2.05, 4.69) is 21.2 Å². The monoisotopic (exact) mass is 337 g/mol. The molecule has 0 spiro atoms. The average Bonchev–Trinajstić information content (AvgIpc) is 2.39. The molecule has 1 amide bonds. The summed E-state index contributed by atoms with van der Waals surface area (Å²) in [6.07, 6.45) is 0. The fourth-order valence-corrected chi connectivity index (χ4v) is 2.24. The second-order valence-electron chi connectivity index (χ2n) is 4.23. The van der Waals surface area contributed by atoms with Crippen LogP contribution >= 0.6 is 27.5 Å². The summed E-state index contributed by atoms with van der Waals surface area (Å²) in [7, 11) is 0. The van der Waals surface area contributed by atoms with E-state index >= 15 is 0 Å². The van der Waals surface area contributed by atoms with Gasteiger partial charge in [-0.15, -0.1) is 0 Å². The summed E-state index contributed by atoms with van der Waals surface area (Å²) in [5.41, 5.74) is 1.54. The second-order valence-corrected chi connectivity index (χ2v) is 5.55. The van der Waals surface area contributed by atoms with Crippen LogP contribution < -0.4 is 5.32 Å². The minimum atomic E-state index is -0.166. The van der Waals surface area contributed by atoms with Gasteiger partial charge in [0.25, 0.3) is 5.91 Å². The molecule has 19 heavy (non-hydrogen) atoms. The van der Waals surface area contributed by atoms with Crippen molar-refractivity contribution in [1.29, 1.82) is 0 Å². The van der Waals surface area contributed by atoms with E-state index in [1.165, 1.54) is 0 Å². The third-order valence-electron chi connectivity index (χ3n) is 2.84. The fourth-order valence-electron chi connectivity index (χ4n) is 1.75. The molecule has 2 nitrogen and oxygen atoms in total. The van der Waals surface area contributed by atoms with E-state index in [1.54, 1.807) is 24.3 Å². The Bertz CT molecular complexity index is 583. The van der Waals surface area contributed by atoms with Crippen LogP contribution in [-0.4, -0.2) is 5.91 Å². The summed E-state index contributed by atoms with van der Waals surface area (Å²) in [6, 6.07) is 14.8. The van der Waals surface area contributed by atoms with E-state index in [-0.39, 0.29) is 11.9 Å². The Balaban J connectivity index is 2.11. The van der Waals surface area contributed by atoms with Crippen LogP contribution in [0, 0.1) is 0 Å². The molecule has 2 aromatic rings. The normalized spacial score (nSPS) is 11.9. The second kappa shape index (κ2) is 6.22. The molecule has 2 rings (SSSR count). The highest BCUT2D eigenvalue weighted by Gasteiger charge is 2.13. The van der Waals surface area contributed by atoms with Gasteiger partial charge in [-0.25, -0.2) is 0 Å². The minimum Gasteiger partial charge on any atom is -0.345 e. The Morgan fingerprint density at radius 1 is 1.16 bits per heavy atom. The van der Waals surface area contributed by atoms with E-state index in [1.807, 2.05) is 31.2 Å². The number of rotatable bonds is 3. The van der Waals surface area contributed by atoms with Gasteiger partial charge in [-0.1, -0.05) is 51.8 Å². The summed E-state index contributed by atoms with van der Waals surface area (Å²) in [5.74, 6) is -0.166. The molecule has 98 valence electrons. The first-order valence-corrected chi connectivity index (χ1v) is 7.06. The van der Waals surface area contributed by atoms with Crippen molar-refractivity contribution < 1.29 is 4.79 Å². The van der Waals surface area contributed by atoms with Crippen LogP contribution in [0.4, 0.5) is 0 Å². The summed E-state index contributed by atoms with van der Waals surface area (Å²) in [6.45, 7) is 1.94. The number of carbonyl (C=O) groups excluding carboxylic acids is 1. The molecule has 1 atom stereocenters. The van der Waals surface area contributed by atoms with Gasteiger partial charge < -0.3 is 5.32 Å². The Labute approximate surface area is 125 Å². The van der Waals surface area contributed by atoms with Gasteiger partial charge in [-0.2, -0.15) is 0 Å². The van der Waals surface area contributed by atoms with Crippen molar-refractivity contribution in [2.24, 2.45) is 0 Å². The lowest BCUT2D eigenvalue weighted by Crippen LogP contribution is -2.26. The van der Waals surface area contributed by atoms with Gasteiger partial charge in [0, 0.05) is 4.47 Å². The van der Waals surface area contributed by atoms with Crippen molar-refractivity contribution >= 4 is 33.4 Å². The SMILES string of the molecule is C[C@H](NC(=O)c1ccccc1Cl)c1ccc(Br)cc1. The fraction of sp³-hybridized carbons (Fsp3) is 0.133. The van der Waals surface area contributed by atoms with E-state index in [0.29, 0.717) is 10.6 Å². The maximum atomic E-state index is 12.1. The lowest BCUT2D eigenvalue weighted by Gasteiger charge is -2.15. The third kappa shape index (κ3) is 3.58. The molecule has 0 unspecified atom stereocenters. The maximum Gasteiger partial charge on any atom is 0.253 e. The number of nitrogens with one attached hydrogen (secondary N) is 1. The Kier molecular flexibility index (Phi) is 4.61. The maximum absolute atomic E-state index is 12.1. The van der Waals surface area contributed by atoms with E-state index in [9.17, 15) is 4.79 Å². The summed E-state index contributed by atoms with van der Waals surface area (Å²) in [5, 5.41) is 3.40. The van der Waals surface area contributed by atoms with Crippen LogP contribution in [0.25, 0.3) is 0 Å². The molecule has 0 saturated carbocycles. The van der Waals surface area contributed by atoms with Gasteiger partial charge in [0.05, 0.1) is 16.6 Å². The summed E-state index contributed by atoms with van der Waals surface area (Å²) in [4.78, 5) is 12.1. The first kappa shape index (κ1) is 14.1. The highest BCUT2D eigenvalue weighted by Crippen LogP contribution is 2.19. The number of benzene rings is 2. The lowest BCUT2D eigenvalue weighted by molar-refractivity contribution is 0.0940. The largest absolute Gasteiger partial charge is 0.345 e. The van der Waals surface area contributed by atoms with Gasteiger partial charge in [0.1, 0.15) is 0 Å². The number of carbonyl (C=O) groups is 1. The van der Waals surface area contributed by atoms with Crippen LogP contribution in [0.1, 0.15) is 28.9 Å². The molecular weight excluding hydrogens is 326 g/mol. The number of hydrogen-bond acceptors (Lipinski definition) is 1. The summed E-state index contributed by atoms with van der Waals surface area (Å²) >= 11 is 9.39. The van der Waals surface area contributed by atoms with E-state index in [4.69, 9.17) is 11.6 Å². The van der Waals surface area contributed by atoms with Crippen LogP contribution in [0.3, 0.4) is 0 Å². The molecule has 1 N–H and O–H groups in total. The molecule has 0 aliphatic carbocycles. The van der Waals surface area contributed by atoms with Crippen LogP contribution in [0.2, 0.25) is 5.02 Å². The number of halogens is 2. The Morgan fingerprint density at radius 2 is 1.79 bits per heavy atom. The smallest absolute Gasteiger partial charge is 0.253 e. The third-order valence-corrected chi connectivity index (χ3v) is 3.69. The Hall–Kier alpha value is -1.32. The van der Waals surface area contributed by atoms with Crippen LogP contribution in [0.5, 0.6) is 0 Å². The van der Waals surface area contributed by atoms with Gasteiger partial charge in [-0.3, -0.25) is 4.79 Å². The van der Waals surface area contributed by atoms with E-state index < -0.39 is 0 Å². The molecule has 0 fully saturated rings. The standard InChI is InChI=1S/C15H13BrClNO/c1-10(11-6-8-12(16)9-7-11)18-15(19)13-4-2-3-5-14(13)17/h2-10H,1H3,(H,18,19)/t10-/m0/s1. The van der Waals surface area contributed by atoms with Crippen LogP contribution in [0.15, 0.2) is 53.0 Å². The van der Waals surface area contributed by atoms with Crippen molar-refractivity contribution in [3.63, 3.8) is 0 Å². The molecule has 0 bridgehead atoms. The minimum absolute atomic E-state index is 0.0723. The molecule has 0 aliphatic heterocycles. The zero-order valence-corrected chi connectivity index (χ0v) is 12.7. The zero-order valence-electron chi connectivity index (χ0n) is 10.4. The van der Waals surface area contributed by atoms with Crippen molar-refractivity contribution in [3.8, 4) is 0 Å². The quantitative estimate of drug-likeness (QED) is 0.871. The zero-order chi connectivity index (χ0) is 13.8. The first-order chi connectivity index (χ1) is 9.08. The van der Waals surface area contributed by atoms with Crippen molar-refractivity contribution in [2.45, 2.75) is 13.0 Å². The average molecular weight is 339 g/mol. The highest BCUT2D eigenvalue weighted by atomic mass is 79.9. The summed E-state index contributed by atoms with van der Waals surface area (Å²) < 4.78 is 1.01. The van der Waals surface area contributed by atoms with Gasteiger partial charge >= 0.3 is 0 Å². The highest BCUT2D eigenvalue weighted by molar-refractivity contribution is 9.10. The number of hydrogen-bond donors (Lipinski definition) is 1. The lowest BCUT2D eigenvalue weighted by atomic mass is 10.1. The van der Waals surface area contributed by atoms with E-state index in [0.717, 1.165) is 10.0 Å². The number of amides is 1. The predicted octanol–water partition coefficient (Wildman–Crippen LogP) is 4.59. The molecule has 0 aliphatic rings. The van der Waals surface area contributed by atoms with Gasteiger partial charge in [-0.05, 0) is 36.8 Å². The molecule has 2 aromatic carbocycles. The topological polar surface area (TPSA) is 29.1 Å². The van der Waals surface area contributed by atoms with Gasteiger partial charge in [0.15, 0.2) is 0 Å². The molecular formula is C15H13BrClNO. The molecule has 0 heterocycles. The molecule has 0 aromatic heterocycles. The van der Waals surface area contributed by atoms with Crippen molar-refractivity contribution in [3.05, 3.63) is 69.2 Å². The molecule has 0 radical (unpaired) electrons. The first-order valence-electron chi connectivity index (χ1n) is 5.89. The predicted molar refractivity (Wildman–Crippen MR) is 81.5 cm³/mol.